The van der Waals surface area contributed by atoms with Gasteiger partial charge in [0.25, 0.3) is 0 Å². The van der Waals surface area contributed by atoms with E-state index in [0.29, 0.717) is 0 Å². The van der Waals surface area contributed by atoms with Crippen LogP contribution < -0.4 is 15.8 Å². The Labute approximate surface area is 263 Å². The third-order valence-electron chi connectivity index (χ3n) is 9.39. The molecule has 0 N–H and O–H groups in total. The molecule has 0 fully saturated rings. The van der Waals surface area contributed by atoms with Gasteiger partial charge in [-0.3, -0.25) is 0 Å². The van der Waals surface area contributed by atoms with E-state index in [0.717, 1.165) is 40.5 Å². The van der Waals surface area contributed by atoms with Crippen LogP contribution in [0.15, 0.2) is 173 Å². The fourth-order valence-corrected chi connectivity index (χ4v) is 7.46. The van der Waals surface area contributed by atoms with Crippen molar-refractivity contribution in [2.45, 2.75) is 12.8 Å². The van der Waals surface area contributed by atoms with Gasteiger partial charge in [-0.25, -0.2) is 0 Å². The van der Waals surface area contributed by atoms with Gasteiger partial charge >= 0.3 is 0 Å². The standard InChI is InChI=1S/C42H30BNO/c1-3-14-29(15-4-1)32-19-13-20-33(30-16-5-2-6-17-30)42(32)43-36-21-8-10-23-38(36)44(39-24-11-9-22-37(39)43)31-26-27-41-35(28-31)34-18-7-12-25-40(34)45-41/h1-8,10,12-28H,9,11H2. The van der Waals surface area contributed by atoms with Crippen molar-refractivity contribution in [1.82, 2.24) is 0 Å². The fraction of sp³-hybridized carbons (Fsp3) is 0.0476. The van der Waals surface area contributed by atoms with E-state index < -0.39 is 0 Å². The number of benzene rings is 6. The van der Waals surface area contributed by atoms with E-state index in [1.165, 1.54) is 50.0 Å². The Morgan fingerprint density at radius 1 is 0.533 bits per heavy atom. The molecule has 7 aromatic rings. The van der Waals surface area contributed by atoms with Crippen molar-refractivity contribution in [3.8, 4) is 22.3 Å². The molecule has 2 aliphatic rings. The SMILES string of the molecule is C1=C2B(c3c(-c4ccccc4)cccc3-c3ccccc3)c3ccccc3N(c3ccc4oc5ccccc5c4c3)C2=CCC1. The highest BCUT2D eigenvalue weighted by molar-refractivity contribution is 6.95. The average Bonchev–Trinajstić information content (AvgIpc) is 3.49. The van der Waals surface area contributed by atoms with Crippen LogP contribution >= 0.6 is 0 Å². The van der Waals surface area contributed by atoms with Gasteiger partial charge in [0.1, 0.15) is 11.2 Å². The van der Waals surface area contributed by atoms with Crippen molar-refractivity contribution in [3.63, 3.8) is 0 Å². The first kappa shape index (κ1) is 25.9. The molecule has 2 nitrogen and oxygen atoms in total. The minimum atomic E-state index is 0.0779. The molecule has 2 heterocycles. The van der Waals surface area contributed by atoms with Gasteiger partial charge in [-0.05, 0) is 76.4 Å². The Kier molecular flexibility index (Phi) is 6.09. The molecule has 45 heavy (non-hydrogen) atoms. The molecule has 0 spiro atoms. The summed E-state index contributed by atoms with van der Waals surface area (Å²) >= 11 is 0. The highest BCUT2D eigenvalue weighted by Crippen LogP contribution is 2.42. The van der Waals surface area contributed by atoms with Crippen molar-refractivity contribution in [2.75, 3.05) is 4.90 Å². The smallest absolute Gasteiger partial charge is 0.247 e. The molecular weight excluding hydrogens is 545 g/mol. The molecule has 0 saturated heterocycles. The van der Waals surface area contributed by atoms with Gasteiger partial charge in [0.2, 0.25) is 6.71 Å². The average molecular weight is 576 g/mol. The number of fused-ring (bicyclic) bond motifs is 5. The van der Waals surface area contributed by atoms with Crippen molar-refractivity contribution in [1.29, 1.82) is 0 Å². The van der Waals surface area contributed by atoms with Crippen LogP contribution in [0, 0.1) is 0 Å². The van der Waals surface area contributed by atoms with Crippen LogP contribution in [-0.2, 0) is 0 Å². The molecule has 9 rings (SSSR count). The van der Waals surface area contributed by atoms with E-state index in [2.05, 4.69) is 157 Å². The number of para-hydroxylation sites is 2. The van der Waals surface area contributed by atoms with Crippen molar-refractivity contribution < 1.29 is 4.42 Å². The first-order valence-electron chi connectivity index (χ1n) is 15.8. The number of hydrogen-bond acceptors (Lipinski definition) is 2. The minimum absolute atomic E-state index is 0.0779. The third-order valence-corrected chi connectivity index (χ3v) is 9.39. The number of hydrogen-bond donors (Lipinski definition) is 0. The second-order valence-electron chi connectivity index (χ2n) is 11.9. The van der Waals surface area contributed by atoms with E-state index in [-0.39, 0.29) is 6.71 Å². The van der Waals surface area contributed by atoms with Crippen molar-refractivity contribution in [2.24, 2.45) is 0 Å². The van der Waals surface area contributed by atoms with Gasteiger partial charge in [0.15, 0.2) is 0 Å². The summed E-state index contributed by atoms with van der Waals surface area (Å²) in [6.07, 6.45) is 6.99. The van der Waals surface area contributed by atoms with E-state index >= 15 is 0 Å². The van der Waals surface area contributed by atoms with Crippen LogP contribution in [0.25, 0.3) is 44.2 Å². The summed E-state index contributed by atoms with van der Waals surface area (Å²) in [5, 5.41) is 2.29. The van der Waals surface area contributed by atoms with Gasteiger partial charge in [-0.2, -0.15) is 0 Å². The lowest BCUT2D eigenvalue weighted by Crippen LogP contribution is -2.53. The lowest BCUT2D eigenvalue weighted by atomic mass is 9.32. The van der Waals surface area contributed by atoms with Gasteiger partial charge < -0.3 is 9.32 Å². The first-order chi connectivity index (χ1) is 22.3. The summed E-state index contributed by atoms with van der Waals surface area (Å²) < 4.78 is 6.21. The summed E-state index contributed by atoms with van der Waals surface area (Å²) in [5.74, 6) is 0. The summed E-state index contributed by atoms with van der Waals surface area (Å²) in [7, 11) is 0. The number of rotatable bonds is 4. The summed E-state index contributed by atoms with van der Waals surface area (Å²) in [6, 6.07) is 52.5. The topological polar surface area (TPSA) is 16.4 Å². The van der Waals surface area contributed by atoms with Crippen LogP contribution in [-0.4, -0.2) is 6.71 Å². The molecule has 0 unspecified atom stereocenters. The first-order valence-corrected chi connectivity index (χ1v) is 15.8. The molecule has 0 amide bonds. The minimum Gasteiger partial charge on any atom is -0.456 e. The molecule has 0 saturated carbocycles. The molecule has 0 atom stereocenters. The highest BCUT2D eigenvalue weighted by Gasteiger charge is 2.40. The maximum atomic E-state index is 6.21. The predicted octanol–water partition coefficient (Wildman–Crippen LogP) is 9.82. The predicted molar refractivity (Wildman–Crippen MR) is 190 cm³/mol. The monoisotopic (exact) mass is 575 g/mol. The number of nitrogens with zero attached hydrogens (tertiary/aromatic N) is 1. The highest BCUT2D eigenvalue weighted by atomic mass is 16.3. The lowest BCUT2D eigenvalue weighted by Gasteiger charge is -2.41. The summed E-state index contributed by atoms with van der Waals surface area (Å²) in [5.41, 5.74) is 14.6. The normalized spacial score (nSPS) is 14.2. The number of furan rings is 1. The Morgan fingerprint density at radius 3 is 1.96 bits per heavy atom. The van der Waals surface area contributed by atoms with Crippen LogP contribution in [0.5, 0.6) is 0 Å². The maximum absolute atomic E-state index is 6.21. The lowest BCUT2D eigenvalue weighted by molar-refractivity contribution is 0.669. The van der Waals surface area contributed by atoms with Crippen molar-refractivity contribution >= 4 is 51.0 Å². The molecule has 0 bridgehead atoms. The molecule has 3 heteroatoms. The summed E-state index contributed by atoms with van der Waals surface area (Å²) in [4.78, 5) is 2.48. The molecule has 6 aromatic carbocycles. The van der Waals surface area contributed by atoms with Crippen LogP contribution in [0.1, 0.15) is 12.8 Å². The quantitative estimate of drug-likeness (QED) is 0.194. The fourth-order valence-electron chi connectivity index (χ4n) is 7.46. The zero-order chi connectivity index (χ0) is 29.7. The maximum Gasteiger partial charge on any atom is 0.247 e. The third kappa shape index (κ3) is 4.19. The van der Waals surface area contributed by atoms with Gasteiger partial charge in [0.05, 0.1) is 0 Å². The molecule has 1 aliphatic carbocycles. The van der Waals surface area contributed by atoms with Crippen LogP contribution in [0.2, 0.25) is 0 Å². The molecule has 0 radical (unpaired) electrons. The van der Waals surface area contributed by atoms with E-state index in [9.17, 15) is 0 Å². The molecule has 1 aromatic heterocycles. The second-order valence-corrected chi connectivity index (χ2v) is 11.9. The Bertz CT molecular complexity index is 2220. The Morgan fingerprint density at radius 2 is 1.18 bits per heavy atom. The van der Waals surface area contributed by atoms with Gasteiger partial charge in [0, 0.05) is 27.8 Å². The largest absolute Gasteiger partial charge is 0.456 e. The molecule has 1 aliphatic heterocycles. The second kappa shape index (κ2) is 10.6. The zero-order valence-corrected chi connectivity index (χ0v) is 24.9. The number of allylic oxidation sites excluding steroid dienone is 3. The van der Waals surface area contributed by atoms with Gasteiger partial charge in [-0.15, -0.1) is 0 Å². The van der Waals surface area contributed by atoms with E-state index in [4.69, 9.17) is 4.42 Å². The molecule has 212 valence electrons. The Hall–Kier alpha value is -5.54. The zero-order valence-electron chi connectivity index (χ0n) is 24.9. The number of anilines is 2. The van der Waals surface area contributed by atoms with E-state index in [1.807, 2.05) is 6.07 Å². The van der Waals surface area contributed by atoms with Crippen LogP contribution in [0.3, 0.4) is 0 Å². The van der Waals surface area contributed by atoms with Crippen LogP contribution in [0.4, 0.5) is 11.4 Å². The van der Waals surface area contributed by atoms with E-state index in [1.54, 1.807) is 0 Å². The molecular formula is C42H30BNO. The Balaban J connectivity index is 1.31. The summed E-state index contributed by atoms with van der Waals surface area (Å²) in [6.45, 7) is 0.0779. The van der Waals surface area contributed by atoms with Gasteiger partial charge in [-0.1, -0.05) is 133 Å². The van der Waals surface area contributed by atoms with Crippen molar-refractivity contribution in [3.05, 3.63) is 169 Å².